The summed E-state index contributed by atoms with van der Waals surface area (Å²) in [6.45, 7) is 0.631. The minimum absolute atomic E-state index is 0.0365. The van der Waals surface area contributed by atoms with Crippen molar-refractivity contribution in [1.29, 1.82) is 0 Å². The Hall–Kier alpha value is -3.15. The van der Waals surface area contributed by atoms with E-state index in [1.165, 1.54) is 19.2 Å². The molecule has 2 aromatic carbocycles. The number of ether oxygens (including phenoxy) is 1. The molecule has 1 aliphatic heterocycles. The second kappa shape index (κ2) is 6.76. The number of benzene rings is 2. The molecule has 0 radical (unpaired) electrons. The molecule has 6 heteroatoms. The van der Waals surface area contributed by atoms with Crippen LogP contribution in [0.5, 0.6) is 0 Å². The zero-order valence-electron chi connectivity index (χ0n) is 13.7. The first-order valence-corrected chi connectivity index (χ1v) is 7.87. The number of methoxy groups -OCH3 is 1. The highest BCUT2D eigenvalue weighted by molar-refractivity contribution is 6.01. The molecule has 0 aliphatic carbocycles. The number of carboxylic acids is 1. The van der Waals surface area contributed by atoms with Crippen molar-refractivity contribution in [3.05, 3.63) is 53.6 Å². The van der Waals surface area contributed by atoms with Crippen molar-refractivity contribution >= 4 is 23.5 Å². The van der Waals surface area contributed by atoms with E-state index in [-0.39, 0.29) is 11.5 Å². The minimum Gasteiger partial charge on any atom is -0.478 e. The van der Waals surface area contributed by atoms with Gasteiger partial charge in [0.25, 0.3) is 0 Å². The number of hydrogen-bond acceptors (Lipinski definition) is 4. The maximum Gasteiger partial charge on any atom is 0.338 e. The number of hydrogen-bond donors (Lipinski definition) is 1. The van der Waals surface area contributed by atoms with E-state index < -0.39 is 11.9 Å². The first-order valence-electron chi connectivity index (χ1n) is 7.87. The third-order valence-electron chi connectivity index (χ3n) is 4.24. The van der Waals surface area contributed by atoms with Gasteiger partial charge in [-0.2, -0.15) is 0 Å². The normalized spacial score (nSPS) is 13.8. The van der Waals surface area contributed by atoms with Crippen molar-refractivity contribution in [3.8, 4) is 11.1 Å². The molecule has 1 heterocycles. The van der Waals surface area contributed by atoms with Crippen LogP contribution < -0.4 is 4.90 Å². The summed E-state index contributed by atoms with van der Waals surface area (Å²) in [7, 11) is 1.30. The molecular formula is C19H17NO5. The fraction of sp³-hybridized carbons (Fsp3) is 0.211. The Balaban J connectivity index is 2.05. The predicted molar refractivity (Wildman–Crippen MR) is 91.8 cm³/mol. The van der Waals surface area contributed by atoms with Crippen LogP contribution in [0.1, 0.15) is 33.6 Å². The number of amides is 1. The third kappa shape index (κ3) is 3.24. The van der Waals surface area contributed by atoms with E-state index >= 15 is 0 Å². The molecule has 0 unspecified atom stereocenters. The Morgan fingerprint density at radius 2 is 1.84 bits per heavy atom. The first kappa shape index (κ1) is 16.7. The van der Waals surface area contributed by atoms with Gasteiger partial charge in [-0.15, -0.1) is 0 Å². The molecule has 0 spiro atoms. The molecule has 128 valence electrons. The Morgan fingerprint density at radius 1 is 1.12 bits per heavy atom. The average molecular weight is 339 g/mol. The monoisotopic (exact) mass is 339 g/mol. The lowest BCUT2D eigenvalue weighted by atomic mass is 9.97. The van der Waals surface area contributed by atoms with Gasteiger partial charge in [-0.25, -0.2) is 9.59 Å². The lowest BCUT2D eigenvalue weighted by Crippen LogP contribution is -2.24. The summed E-state index contributed by atoms with van der Waals surface area (Å²) < 4.78 is 4.87. The van der Waals surface area contributed by atoms with Crippen LogP contribution in [-0.2, 0) is 9.53 Å². The highest BCUT2D eigenvalue weighted by Crippen LogP contribution is 2.30. The number of rotatable bonds is 4. The number of carboxylic acid groups (broad SMARTS) is 1. The van der Waals surface area contributed by atoms with Crippen LogP contribution in [-0.4, -0.2) is 36.6 Å². The molecule has 1 aliphatic rings. The van der Waals surface area contributed by atoms with Crippen molar-refractivity contribution in [3.63, 3.8) is 0 Å². The van der Waals surface area contributed by atoms with Gasteiger partial charge in [-0.05, 0) is 41.8 Å². The molecule has 0 bridgehead atoms. The van der Waals surface area contributed by atoms with Gasteiger partial charge in [0, 0.05) is 18.7 Å². The average Bonchev–Trinajstić information content (AvgIpc) is 3.06. The fourth-order valence-corrected chi connectivity index (χ4v) is 2.94. The first-order chi connectivity index (χ1) is 12.0. The summed E-state index contributed by atoms with van der Waals surface area (Å²) in [5.74, 6) is -1.48. The number of esters is 1. The summed E-state index contributed by atoms with van der Waals surface area (Å²) in [5, 5.41) is 9.00. The van der Waals surface area contributed by atoms with E-state index in [9.17, 15) is 14.4 Å². The zero-order chi connectivity index (χ0) is 18.0. The largest absolute Gasteiger partial charge is 0.478 e. The number of nitrogens with zero attached hydrogens (tertiary/aromatic N) is 1. The molecular weight excluding hydrogens is 322 g/mol. The topological polar surface area (TPSA) is 83.9 Å². The summed E-state index contributed by atoms with van der Waals surface area (Å²) in [6, 6.07) is 11.4. The lowest BCUT2D eigenvalue weighted by molar-refractivity contribution is -0.117. The van der Waals surface area contributed by atoms with Gasteiger partial charge in [0.1, 0.15) is 0 Å². The number of aromatic carboxylic acids is 1. The van der Waals surface area contributed by atoms with Crippen LogP contribution in [0.2, 0.25) is 0 Å². The van der Waals surface area contributed by atoms with Crippen molar-refractivity contribution in [2.75, 3.05) is 18.6 Å². The second-order valence-electron chi connectivity index (χ2n) is 5.75. The van der Waals surface area contributed by atoms with Gasteiger partial charge >= 0.3 is 11.9 Å². The van der Waals surface area contributed by atoms with E-state index in [1.54, 1.807) is 35.2 Å². The predicted octanol–water partition coefficient (Wildman–Crippen LogP) is 2.97. The maximum atomic E-state index is 12.2. The minimum atomic E-state index is -1.01. The van der Waals surface area contributed by atoms with Crippen LogP contribution in [0, 0.1) is 0 Å². The SMILES string of the molecule is COC(=O)c1cc(N2CCCC2=O)ccc1-c1ccc(C(=O)O)cc1. The van der Waals surface area contributed by atoms with E-state index in [0.29, 0.717) is 35.3 Å². The summed E-state index contributed by atoms with van der Waals surface area (Å²) in [5.41, 5.74) is 2.49. The highest BCUT2D eigenvalue weighted by Gasteiger charge is 2.24. The molecule has 25 heavy (non-hydrogen) atoms. The molecule has 3 rings (SSSR count). The van der Waals surface area contributed by atoms with Crippen LogP contribution >= 0.6 is 0 Å². The van der Waals surface area contributed by atoms with Crippen molar-refractivity contribution in [2.24, 2.45) is 0 Å². The lowest BCUT2D eigenvalue weighted by Gasteiger charge is -2.18. The van der Waals surface area contributed by atoms with Crippen molar-refractivity contribution in [2.45, 2.75) is 12.8 Å². The Labute approximate surface area is 144 Å². The Bertz CT molecular complexity index is 841. The van der Waals surface area contributed by atoms with Crippen molar-refractivity contribution < 1.29 is 24.2 Å². The molecule has 6 nitrogen and oxygen atoms in total. The number of carbonyl (C=O) groups is 3. The molecule has 1 saturated heterocycles. The van der Waals surface area contributed by atoms with Gasteiger partial charge in [-0.1, -0.05) is 18.2 Å². The molecule has 1 fully saturated rings. The molecule has 2 aromatic rings. The third-order valence-corrected chi connectivity index (χ3v) is 4.24. The van der Waals surface area contributed by atoms with Gasteiger partial charge < -0.3 is 14.7 Å². The van der Waals surface area contributed by atoms with Gasteiger partial charge in [0.2, 0.25) is 5.91 Å². The van der Waals surface area contributed by atoms with Crippen LogP contribution in [0.3, 0.4) is 0 Å². The van der Waals surface area contributed by atoms with E-state index in [4.69, 9.17) is 9.84 Å². The second-order valence-corrected chi connectivity index (χ2v) is 5.75. The molecule has 1 N–H and O–H groups in total. The Morgan fingerprint density at radius 3 is 2.40 bits per heavy atom. The highest BCUT2D eigenvalue weighted by atomic mass is 16.5. The summed E-state index contributed by atoms with van der Waals surface area (Å²) in [4.78, 5) is 36.8. The van der Waals surface area contributed by atoms with E-state index in [0.717, 1.165) is 6.42 Å². The Kier molecular flexibility index (Phi) is 4.52. The number of carbonyl (C=O) groups excluding carboxylic acids is 2. The molecule has 0 aromatic heterocycles. The molecule has 1 amide bonds. The van der Waals surface area contributed by atoms with Crippen LogP contribution in [0.15, 0.2) is 42.5 Å². The van der Waals surface area contributed by atoms with Gasteiger partial charge in [0.05, 0.1) is 18.2 Å². The fourth-order valence-electron chi connectivity index (χ4n) is 2.94. The van der Waals surface area contributed by atoms with E-state index in [1.807, 2.05) is 0 Å². The summed E-state index contributed by atoms with van der Waals surface area (Å²) in [6.07, 6.45) is 1.30. The standard InChI is InChI=1S/C19H17NO5/c1-25-19(24)16-11-14(20-10-2-3-17(20)21)8-9-15(16)12-4-6-13(7-5-12)18(22)23/h4-9,11H,2-3,10H2,1H3,(H,22,23). The van der Waals surface area contributed by atoms with Crippen LogP contribution in [0.4, 0.5) is 5.69 Å². The molecule has 0 saturated carbocycles. The van der Waals surface area contributed by atoms with Crippen molar-refractivity contribution in [1.82, 2.24) is 0 Å². The van der Waals surface area contributed by atoms with Gasteiger partial charge in [0.15, 0.2) is 0 Å². The van der Waals surface area contributed by atoms with Gasteiger partial charge in [-0.3, -0.25) is 4.79 Å². The zero-order valence-corrected chi connectivity index (χ0v) is 13.7. The van der Waals surface area contributed by atoms with Crippen LogP contribution in [0.25, 0.3) is 11.1 Å². The number of anilines is 1. The van der Waals surface area contributed by atoms with E-state index in [2.05, 4.69) is 0 Å². The summed E-state index contributed by atoms with van der Waals surface area (Å²) >= 11 is 0. The quantitative estimate of drug-likeness (QED) is 0.866. The molecule has 0 atom stereocenters. The maximum absolute atomic E-state index is 12.2. The smallest absolute Gasteiger partial charge is 0.338 e.